The quantitative estimate of drug-likeness (QED) is 0.863. The Hall–Kier alpha value is -2.17. The Labute approximate surface area is 135 Å². The van der Waals surface area contributed by atoms with Crippen LogP contribution in [-0.4, -0.2) is 22.5 Å². The number of hydrogen-bond acceptors (Lipinski definition) is 3. The lowest BCUT2D eigenvalue weighted by Gasteiger charge is -2.25. The molecule has 1 aromatic carbocycles. The monoisotopic (exact) mass is 316 g/mol. The van der Waals surface area contributed by atoms with Crippen molar-refractivity contribution in [1.82, 2.24) is 10.1 Å². The lowest BCUT2D eigenvalue weighted by atomic mass is 10.0. The molecule has 0 spiro atoms. The second-order valence-corrected chi connectivity index (χ2v) is 6.10. The molecule has 4 nitrogen and oxygen atoms in total. The van der Waals surface area contributed by atoms with Gasteiger partial charge in [0.05, 0.1) is 11.7 Å². The first-order valence-electron chi connectivity index (χ1n) is 8.03. The zero-order valence-corrected chi connectivity index (χ0v) is 13.5. The summed E-state index contributed by atoms with van der Waals surface area (Å²) in [4.78, 5) is 14.5. The van der Waals surface area contributed by atoms with E-state index in [2.05, 4.69) is 5.16 Å². The molecule has 1 fully saturated rings. The van der Waals surface area contributed by atoms with E-state index in [1.807, 2.05) is 24.8 Å². The van der Waals surface area contributed by atoms with Gasteiger partial charge in [0, 0.05) is 18.5 Å². The normalized spacial score (nSPS) is 17.7. The number of aryl methyl sites for hydroxylation is 2. The number of rotatable bonds is 4. The molecule has 2 aromatic rings. The Morgan fingerprint density at radius 3 is 2.96 bits per heavy atom. The number of benzene rings is 1. The van der Waals surface area contributed by atoms with Gasteiger partial charge in [-0.1, -0.05) is 17.3 Å². The lowest BCUT2D eigenvalue weighted by molar-refractivity contribution is -0.132. The zero-order chi connectivity index (χ0) is 16.4. The molecule has 1 unspecified atom stereocenters. The van der Waals surface area contributed by atoms with Crippen LogP contribution in [-0.2, 0) is 11.2 Å². The van der Waals surface area contributed by atoms with Crippen molar-refractivity contribution in [2.24, 2.45) is 0 Å². The first-order chi connectivity index (χ1) is 11.1. The summed E-state index contributed by atoms with van der Waals surface area (Å²) in [5, 5.41) is 3.92. The van der Waals surface area contributed by atoms with Crippen LogP contribution in [0.5, 0.6) is 0 Å². The maximum absolute atomic E-state index is 13.5. The van der Waals surface area contributed by atoms with Gasteiger partial charge in [-0.3, -0.25) is 4.79 Å². The highest BCUT2D eigenvalue weighted by Gasteiger charge is 2.30. The van der Waals surface area contributed by atoms with Gasteiger partial charge in [-0.2, -0.15) is 0 Å². The third kappa shape index (κ3) is 3.28. The first-order valence-corrected chi connectivity index (χ1v) is 8.03. The minimum atomic E-state index is -0.252. The van der Waals surface area contributed by atoms with E-state index in [9.17, 15) is 9.18 Å². The average Bonchev–Trinajstić information content (AvgIpc) is 3.13. The maximum atomic E-state index is 13.5. The molecule has 122 valence electrons. The molecule has 0 N–H and O–H groups in total. The van der Waals surface area contributed by atoms with Crippen LogP contribution in [0.25, 0.3) is 0 Å². The van der Waals surface area contributed by atoms with E-state index in [1.165, 1.54) is 12.1 Å². The van der Waals surface area contributed by atoms with Crippen LogP contribution >= 0.6 is 0 Å². The van der Waals surface area contributed by atoms with Gasteiger partial charge in [0.1, 0.15) is 11.6 Å². The summed E-state index contributed by atoms with van der Waals surface area (Å²) in [7, 11) is 0. The fourth-order valence-electron chi connectivity index (χ4n) is 3.36. The van der Waals surface area contributed by atoms with E-state index in [4.69, 9.17) is 4.52 Å². The van der Waals surface area contributed by atoms with Crippen molar-refractivity contribution in [2.75, 3.05) is 6.54 Å². The number of carbonyl (C=O) groups excluding carboxylic acids is 1. The van der Waals surface area contributed by atoms with Crippen LogP contribution in [0.15, 0.2) is 28.8 Å². The predicted molar refractivity (Wildman–Crippen MR) is 84.4 cm³/mol. The lowest BCUT2D eigenvalue weighted by Crippen LogP contribution is -2.30. The van der Waals surface area contributed by atoms with Crippen LogP contribution in [0.1, 0.15) is 47.9 Å². The van der Waals surface area contributed by atoms with Crippen molar-refractivity contribution in [2.45, 2.75) is 45.6 Å². The minimum Gasteiger partial charge on any atom is -0.361 e. The molecule has 5 heteroatoms. The Morgan fingerprint density at radius 2 is 2.26 bits per heavy atom. The summed E-state index contributed by atoms with van der Waals surface area (Å²) in [6, 6.07) is 6.55. The summed E-state index contributed by atoms with van der Waals surface area (Å²) in [5.41, 5.74) is 2.74. The molecule has 3 rings (SSSR count). The highest BCUT2D eigenvalue weighted by atomic mass is 19.1. The number of likely N-dealkylation sites (tertiary alicyclic amines) is 1. The van der Waals surface area contributed by atoms with Crippen molar-refractivity contribution in [3.05, 3.63) is 52.7 Å². The number of hydrogen-bond donors (Lipinski definition) is 0. The third-order valence-electron chi connectivity index (χ3n) is 4.58. The molecule has 2 heterocycles. The summed E-state index contributed by atoms with van der Waals surface area (Å²) < 4.78 is 18.6. The topological polar surface area (TPSA) is 46.3 Å². The van der Waals surface area contributed by atoms with E-state index >= 15 is 0 Å². The van der Waals surface area contributed by atoms with Gasteiger partial charge in [-0.05, 0) is 50.8 Å². The fraction of sp³-hybridized carbons (Fsp3) is 0.444. The van der Waals surface area contributed by atoms with Gasteiger partial charge in [-0.25, -0.2) is 4.39 Å². The molecule has 1 amide bonds. The zero-order valence-electron chi connectivity index (χ0n) is 13.5. The van der Waals surface area contributed by atoms with E-state index in [0.717, 1.165) is 42.0 Å². The Balaban J connectivity index is 1.69. The van der Waals surface area contributed by atoms with Crippen LogP contribution < -0.4 is 0 Å². The van der Waals surface area contributed by atoms with Crippen LogP contribution in [0.2, 0.25) is 0 Å². The van der Waals surface area contributed by atoms with Crippen molar-refractivity contribution in [3.63, 3.8) is 0 Å². The number of nitrogens with zero attached hydrogens (tertiary/aromatic N) is 2. The molecule has 0 bridgehead atoms. The molecule has 23 heavy (non-hydrogen) atoms. The second kappa shape index (κ2) is 6.52. The Kier molecular flexibility index (Phi) is 4.46. The van der Waals surface area contributed by atoms with Gasteiger partial charge in [0.25, 0.3) is 0 Å². The molecule has 1 aliphatic heterocycles. The van der Waals surface area contributed by atoms with Gasteiger partial charge in [0.15, 0.2) is 0 Å². The molecular weight excluding hydrogens is 295 g/mol. The highest BCUT2D eigenvalue weighted by molar-refractivity contribution is 5.77. The molecule has 0 radical (unpaired) electrons. The van der Waals surface area contributed by atoms with E-state index in [1.54, 1.807) is 6.07 Å². The SMILES string of the molecule is Cc1noc(C)c1CCC(=O)N1CCCC1c1cccc(F)c1. The highest BCUT2D eigenvalue weighted by Crippen LogP contribution is 2.33. The van der Waals surface area contributed by atoms with E-state index in [-0.39, 0.29) is 17.8 Å². The maximum Gasteiger partial charge on any atom is 0.223 e. The molecule has 1 saturated heterocycles. The third-order valence-corrected chi connectivity index (χ3v) is 4.58. The van der Waals surface area contributed by atoms with Crippen LogP contribution in [0, 0.1) is 19.7 Å². The van der Waals surface area contributed by atoms with Crippen LogP contribution in [0.4, 0.5) is 4.39 Å². The van der Waals surface area contributed by atoms with Gasteiger partial charge in [-0.15, -0.1) is 0 Å². The molecule has 0 aliphatic carbocycles. The first kappa shape index (κ1) is 15.7. The number of amides is 1. The fourth-order valence-corrected chi connectivity index (χ4v) is 3.36. The number of aromatic nitrogens is 1. The largest absolute Gasteiger partial charge is 0.361 e. The van der Waals surface area contributed by atoms with Gasteiger partial charge < -0.3 is 9.42 Å². The van der Waals surface area contributed by atoms with Gasteiger partial charge in [0.2, 0.25) is 5.91 Å². The minimum absolute atomic E-state index is 0.0112. The predicted octanol–water partition coefficient (Wildman–Crippen LogP) is 3.73. The van der Waals surface area contributed by atoms with Crippen molar-refractivity contribution in [3.8, 4) is 0 Å². The number of carbonyl (C=O) groups is 1. The van der Waals surface area contributed by atoms with E-state index < -0.39 is 0 Å². The van der Waals surface area contributed by atoms with Crippen molar-refractivity contribution < 1.29 is 13.7 Å². The summed E-state index contributed by atoms with van der Waals surface area (Å²) in [5.74, 6) is 0.632. The summed E-state index contributed by atoms with van der Waals surface area (Å²) in [6.45, 7) is 4.49. The Bertz CT molecular complexity index is 691. The second-order valence-electron chi connectivity index (χ2n) is 6.10. The van der Waals surface area contributed by atoms with Crippen LogP contribution in [0.3, 0.4) is 0 Å². The van der Waals surface area contributed by atoms with Crippen molar-refractivity contribution >= 4 is 5.91 Å². The summed E-state index contributed by atoms with van der Waals surface area (Å²) in [6.07, 6.45) is 2.90. The molecular formula is C18H21FN2O2. The van der Waals surface area contributed by atoms with Crippen molar-refractivity contribution in [1.29, 1.82) is 0 Å². The smallest absolute Gasteiger partial charge is 0.223 e. The van der Waals surface area contributed by atoms with Gasteiger partial charge >= 0.3 is 0 Å². The standard InChI is InChI=1S/C18H21FN2O2/c1-12-16(13(2)23-20-12)8-9-18(22)21-10-4-7-17(21)14-5-3-6-15(19)11-14/h3,5-6,11,17H,4,7-10H2,1-2H3. The molecule has 0 saturated carbocycles. The average molecular weight is 316 g/mol. The summed E-state index contributed by atoms with van der Waals surface area (Å²) >= 11 is 0. The Morgan fingerprint density at radius 1 is 1.43 bits per heavy atom. The molecule has 1 aliphatic rings. The van der Waals surface area contributed by atoms with E-state index in [0.29, 0.717) is 12.8 Å². The molecule has 1 aromatic heterocycles. The molecule has 1 atom stereocenters. The number of halogens is 1.